The Morgan fingerprint density at radius 2 is 1.88 bits per heavy atom. The number of nitrogens with one attached hydrogen (secondary N) is 1. The first-order valence-corrected chi connectivity index (χ1v) is 14.4. The van der Waals surface area contributed by atoms with Crippen LogP contribution in [0.4, 0.5) is 8.78 Å². The molecule has 0 unspecified atom stereocenters. The van der Waals surface area contributed by atoms with Gasteiger partial charge in [-0.25, -0.2) is 8.78 Å². The van der Waals surface area contributed by atoms with Crippen LogP contribution in [0.2, 0.25) is 0 Å². The number of benzene rings is 1. The van der Waals surface area contributed by atoms with Gasteiger partial charge in [-0.1, -0.05) is 11.2 Å². The summed E-state index contributed by atoms with van der Waals surface area (Å²) in [5.74, 6) is -0.821. The number of rotatable bonds is 10. The molecule has 230 valence electrons. The van der Waals surface area contributed by atoms with Crippen LogP contribution >= 0.6 is 0 Å². The van der Waals surface area contributed by atoms with E-state index in [0.717, 1.165) is 19.4 Å². The monoisotopic (exact) mass is 597 g/mol. The van der Waals surface area contributed by atoms with Gasteiger partial charge in [0.2, 0.25) is 29.3 Å². The van der Waals surface area contributed by atoms with Crippen LogP contribution in [0, 0.1) is 23.0 Å². The molecule has 0 bridgehead atoms. The summed E-state index contributed by atoms with van der Waals surface area (Å²) in [5.41, 5.74) is -1.47. The smallest absolute Gasteiger partial charge is 0.240 e. The summed E-state index contributed by atoms with van der Waals surface area (Å²) >= 11 is 0. The summed E-state index contributed by atoms with van der Waals surface area (Å²) < 4.78 is 53.0. The molecule has 13 heteroatoms. The molecule has 43 heavy (non-hydrogen) atoms. The average molecular weight is 598 g/mol. The number of likely N-dealkylation sites (N-methyl/N-ethyl adjacent to an activating group) is 1. The molecule has 2 aliphatic rings. The zero-order chi connectivity index (χ0) is 30.7. The number of nitriles is 1. The number of methoxy groups -OCH3 is 1. The minimum atomic E-state index is -1.28. The van der Waals surface area contributed by atoms with Crippen molar-refractivity contribution in [1.29, 1.82) is 5.26 Å². The Morgan fingerprint density at radius 1 is 1.14 bits per heavy atom. The molecule has 11 nitrogen and oxygen atoms in total. The molecule has 1 aromatic carbocycles. The topological polar surface area (TPSA) is 131 Å². The van der Waals surface area contributed by atoms with Crippen molar-refractivity contribution in [3.8, 4) is 29.5 Å². The highest BCUT2D eigenvalue weighted by molar-refractivity contribution is 5.46. The van der Waals surface area contributed by atoms with Gasteiger partial charge < -0.3 is 24.1 Å². The molecule has 0 radical (unpaired) electrons. The van der Waals surface area contributed by atoms with Crippen LogP contribution in [0.25, 0.3) is 11.6 Å². The summed E-state index contributed by atoms with van der Waals surface area (Å²) in [7, 11) is 3.73. The zero-order valence-corrected chi connectivity index (χ0v) is 25.0. The molecule has 2 aliphatic heterocycles. The van der Waals surface area contributed by atoms with Gasteiger partial charge in [-0.15, -0.1) is 0 Å². The van der Waals surface area contributed by atoms with Gasteiger partial charge in [-0.05, 0) is 59.3 Å². The lowest BCUT2D eigenvalue weighted by molar-refractivity contribution is 0.107. The highest BCUT2D eigenvalue weighted by Crippen LogP contribution is 2.35. The summed E-state index contributed by atoms with van der Waals surface area (Å²) in [5, 5.41) is 16.5. The highest BCUT2D eigenvalue weighted by Gasteiger charge is 2.37. The first-order chi connectivity index (χ1) is 20.6. The van der Waals surface area contributed by atoms with Gasteiger partial charge in [0.25, 0.3) is 0 Å². The van der Waals surface area contributed by atoms with Crippen molar-refractivity contribution >= 4 is 0 Å². The Kier molecular flexibility index (Phi) is 9.19. The second-order valence-corrected chi connectivity index (χ2v) is 11.7. The minimum absolute atomic E-state index is 0.00635. The molecule has 5 rings (SSSR count). The fraction of sp³-hybridized carbons (Fsp3) is 0.567. The molecule has 0 amide bonds. The van der Waals surface area contributed by atoms with Crippen molar-refractivity contribution in [2.75, 3.05) is 27.2 Å². The minimum Gasteiger partial charge on any atom is -0.474 e. The Balaban J connectivity index is 1.45. The number of hydrogen-bond acceptors (Lipinski definition) is 11. The number of nitrogens with zero attached hydrogens (tertiary/aromatic N) is 6. The molecular formula is C30H37F2N7O4. The summed E-state index contributed by atoms with van der Waals surface area (Å²) in [6.45, 7) is 6.67. The van der Waals surface area contributed by atoms with Crippen LogP contribution in [0.3, 0.4) is 0 Å². The molecule has 0 spiro atoms. The maximum Gasteiger partial charge on any atom is 0.240 e. The van der Waals surface area contributed by atoms with Crippen LogP contribution in [-0.4, -0.2) is 82.7 Å². The first kappa shape index (κ1) is 30.7. The predicted octanol–water partition coefficient (Wildman–Crippen LogP) is 4.03. The van der Waals surface area contributed by atoms with Gasteiger partial charge in [0.05, 0.1) is 30.1 Å². The van der Waals surface area contributed by atoms with E-state index in [1.807, 2.05) is 14.0 Å². The average Bonchev–Trinajstić information content (AvgIpc) is 3.61. The van der Waals surface area contributed by atoms with Crippen molar-refractivity contribution in [3.63, 3.8) is 0 Å². The Labute approximate surface area is 249 Å². The number of halogens is 2. The van der Waals surface area contributed by atoms with E-state index in [-0.39, 0.29) is 65.3 Å². The lowest BCUT2D eigenvalue weighted by Crippen LogP contribution is -2.42. The third-order valence-electron chi connectivity index (χ3n) is 8.24. The van der Waals surface area contributed by atoms with Crippen LogP contribution in [0.1, 0.15) is 57.9 Å². The van der Waals surface area contributed by atoms with Gasteiger partial charge in [-0.3, -0.25) is 4.90 Å². The van der Waals surface area contributed by atoms with E-state index in [9.17, 15) is 8.78 Å². The van der Waals surface area contributed by atoms with E-state index < -0.39 is 17.0 Å². The molecule has 3 aromatic rings. The first-order valence-electron chi connectivity index (χ1n) is 14.4. The molecule has 4 heterocycles. The van der Waals surface area contributed by atoms with Crippen molar-refractivity contribution < 1.29 is 27.5 Å². The fourth-order valence-electron chi connectivity index (χ4n) is 5.88. The second-order valence-electron chi connectivity index (χ2n) is 11.7. The van der Waals surface area contributed by atoms with E-state index in [0.29, 0.717) is 19.4 Å². The molecule has 0 aliphatic carbocycles. The van der Waals surface area contributed by atoms with E-state index >= 15 is 0 Å². The third kappa shape index (κ3) is 6.76. The molecule has 2 aromatic heterocycles. The van der Waals surface area contributed by atoms with Gasteiger partial charge in [-0.2, -0.15) is 20.2 Å². The van der Waals surface area contributed by atoms with E-state index in [4.69, 9.17) is 24.0 Å². The van der Waals surface area contributed by atoms with E-state index in [1.54, 1.807) is 27.0 Å². The number of aromatic nitrogens is 4. The maximum absolute atomic E-state index is 14.7. The van der Waals surface area contributed by atoms with E-state index in [1.165, 1.54) is 18.2 Å². The lowest BCUT2D eigenvalue weighted by Gasteiger charge is -2.29. The fourth-order valence-corrected chi connectivity index (χ4v) is 5.88. The van der Waals surface area contributed by atoms with Crippen molar-refractivity contribution in [2.45, 2.75) is 82.3 Å². The van der Waals surface area contributed by atoms with Gasteiger partial charge in [0.1, 0.15) is 23.8 Å². The Morgan fingerprint density at radius 3 is 2.58 bits per heavy atom. The standard InChI is InChI=1S/C30H37F2N7O4/c1-17(23-14-20(40-5)16-39(23)4)41-24-15-25(42-19-10-12-34-18(13-19)9-11-33)36-27(35-24)28-37-29(43-38-28)30(2,3)26-21(31)7-6-8-22(26)32/h6-8,15,17-20,23,34H,9-10,12-14,16H2,1-5H3/t17-,18+,19-,20-,23-/m0/s1. The zero-order valence-electron chi connectivity index (χ0n) is 25.0. The second kappa shape index (κ2) is 12.9. The number of piperidine rings is 1. The number of ether oxygens (including phenoxy) is 3. The summed E-state index contributed by atoms with van der Waals surface area (Å²) in [6.07, 6.45) is 2.24. The van der Waals surface area contributed by atoms with Crippen molar-refractivity contribution in [2.24, 2.45) is 0 Å². The molecule has 1 N–H and O–H groups in total. The number of likely N-dealkylation sites (tertiary alicyclic amines) is 1. The predicted molar refractivity (Wildman–Crippen MR) is 151 cm³/mol. The van der Waals surface area contributed by atoms with Gasteiger partial charge in [0, 0.05) is 37.7 Å². The number of hydrogen-bond donors (Lipinski definition) is 1. The van der Waals surface area contributed by atoms with Crippen LogP contribution in [0.15, 0.2) is 28.8 Å². The van der Waals surface area contributed by atoms with E-state index in [2.05, 4.69) is 36.4 Å². The quantitative estimate of drug-likeness (QED) is 0.363. The lowest BCUT2D eigenvalue weighted by atomic mass is 9.83. The molecule has 2 fully saturated rings. The molecule has 0 saturated carbocycles. The third-order valence-corrected chi connectivity index (χ3v) is 8.24. The van der Waals surface area contributed by atoms with Crippen molar-refractivity contribution in [3.05, 3.63) is 47.4 Å². The normalized spacial score (nSPS) is 23.6. The SMILES string of the molecule is CO[C@H]1C[C@@H]([C@H](C)Oc2cc(O[C@H]3CCN[C@H](CC#N)C3)nc(-c3noc(C(C)(C)c4c(F)cccc4F)n3)n2)N(C)C1. The maximum atomic E-state index is 14.7. The molecule has 2 saturated heterocycles. The molecular weight excluding hydrogens is 560 g/mol. The largest absolute Gasteiger partial charge is 0.474 e. The summed E-state index contributed by atoms with van der Waals surface area (Å²) in [4.78, 5) is 15.8. The van der Waals surface area contributed by atoms with Crippen LogP contribution in [0.5, 0.6) is 11.8 Å². The Hall–Kier alpha value is -3.73. The highest BCUT2D eigenvalue weighted by atomic mass is 19.1. The van der Waals surface area contributed by atoms with Gasteiger partial charge >= 0.3 is 0 Å². The summed E-state index contributed by atoms with van der Waals surface area (Å²) in [6, 6.07) is 7.62. The van der Waals surface area contributed by atoms with Crippen LogP contribution in [-0.2, 0) is 10.2 Å². The van der Waals surface area contributed by atoms with Gasteiger partial charge in [0.15, 0.2) is 0 Å². The van der Waals surface area contributed by atoms with Crippen molar-refractivity contribution in [1.82, 2.24) is 30.3 Å². The Bertz CT molecular complexity index is 1440. The van der Waals surface area contributed by atoms with Crippen LogP contribution < -0.4 is 14.8 Å². The molecule has 5 atom stereocenters.